The average Bonchev–Trinajstić information content (AvgIpc) is 2.41. The number of nitrogens with one attached hydrogen (secondary N) is 1. The molecule has 0 aliphatic carbocycles. The Morgan fingerprint density at radius 3 is 2.59 bits per heavy atom. The number of benzene rings is 1. The van der Waals surface area contributed by atoms with Crippen molar-refractivity contribution in [2.45, 2.75) is 38.8 Å². The van der Waals surface area contributed by atoms with Gasteiger partial charge >= 0.3 is 6.09 Å². The number of piperazine rings is 1. The van der Waals surface area contributed by atoms with Gasteiger partial charge in [-0.2, -0.15) is 0 Å². The lowest BCUT2D eigenvalue weighted by molar-refractivity contribution is 0.0195. The van der Waals surface area contributed by atoms with Crippen molar-refractivity contribution >= 4 is 6.09 Å². The van der Waals surface area contributed by atoms with Gasteiger partial charge in [0.05, 0.1) is 0 Å². The second-order valence-electron chi connectivity index (χ2n) is 6.48. The summed E-state index contributed by atoms with van der Waals surface area (Å²) >= 11 is 0. The van der Waals surface area contributed by atoms with E-state index in [0.717, 1.165) is 0 Å². The van der Waals surface area contributed by atoms with Crippen molar-refractivity contribution in [2.75, 3.05) is 19.6 Å². The fraction of sp³-hybridized carbons (Fsp3) is 0.562. The van der Waals surface area contributed by atoms with E-state index in [-0.39, 0.29) is 18.0 Å². The van der Waals surface area contributed by atoms with Gasteiger partial charge in [-0.1, -0.05) is 6.07 Å². The normalized spacial score (nSPS) is 19.1. The summed E-state index contributed by atoms with van der Waals surface area (Å²) in [6, 6.07) is 3.63. The molecule has 1 fully saturated rings. The quantitative estimate of drug-likeness (QED) is 0.913. The predicted octanol–water partition coefficient (Wildman–Crippen LogP) is 2.72. The van der Waals surface area contributed by atoms with Crippen LogP contribution in [0.1, 0.15) is 26.3 Å². The van der Waals surface area contributed by atoms with Crippen LogP contribution in [-0.4, -0.2) is 42.3 Å². The highest BCUT2D eigenvalue weighted by Gasteiger charge is 2.28. The first-order valence-corrected chi connectivity index (χ1v) is 7.40. The molecule has 0 bridgehead atoms. The van der Waals surface area contributed by atoms with Crippen LogP contribution >= 0.6 is 0 Å². The molecule has 0 radical (unpaired) electrons. The molecule has 0 spiro atoms. The Labute approximate surface area is 129 Å². The average molecular weight is 312 g/mol. The highest BCUT2D eigenvalue weighted by Crippen LogP contribution is 2.17. The van der Waals surface area contributed by atoms with Gasteiger partial charge in [-0.15, -0.1) is 0 Å². The van der Waals surface area contributed by atoms with Gasteiger partial charge < -0.3 is 15.0 Å². The Hall–Kier alpha value is -1.69. The second kappa shape index (κ2) is 6.60. The number of amides is 1. The lowest BCUT2D eigenvalue weighted by atomic mass is 10.0. The number of hydrogen-bond donors (Lipinski definition) is 1. The van der Waals surface area contributed by atoms with Crippen molar-refractivity contribution in [2.24, 2.45) is 0 Å². The molecule has 1 aromatic rings. The van der Waals surface area contributed by atoms with E-state index < -0.39 is 23.3 Å². The van der Waals surface area contributed by atoms with Crippen molar-refractivity contribution in [3.05, 3.63) is 35.4 Å². The molecular formula is C16H22F2N2O2. The summed E-state index contributed by atoms with van der Waals surface area (Å²) in [5.74, 6) is -1.12. The minimum atomic E-state index is -0.560. The van der Waals surface area contributed by atoms with Crippen LogP contribution in [0.4, 0.5) is 13.6 Å². The molecule has 1 aliphatic rings. The third kappa shape index (κ3) is 4.40. The number of ether oxygens (including phenoxy) is 1. The summed E-state index contributed by atoms with van der Waals surface area (Å²) < 4.78 is 32.8. The first-order chi connectivity index (χ1) is 10.3. The van der Waals surface area contributed by atoms with E-state index in [1.807, 2.05) is 0 Å². The predicted molar refractivity (Wildman–Crippen MR) is 79.7 cm³/mol. The molecule has 1 saturated heterocycles. The van der Waals surface area contributed by atoms with E-state index >= 15 is 0 Å². The Kier molecular flexibility index (Phi) is 5.01. The molecule has 1 aliphatic heterocycles. The van der Waals surface area contributed by atoms with Crippen LogP contribution in [-0.2, 0) is 11.2 Å². The SMILES string of the molecule is CC(C)(C)OC(=O)N1CCNC(Cc2c(F)cccc2F)C1. The number of carbonyl (C=O) groups is 1. The van der Waals surface area contributed by atoms with Gasteiger partial charge in [0.1, 0.15) is 17.2 Å². The molecule has 0 aromatic heterocycles. The van der Waals surface area contributed by atoms with Crippen molar-refractivity contribution in [3.63, 3.8) is 0 Å². The third-order valence-corrected chi connectivity index (χ3v) is 3.42. The van der Waals surface area contributed by atoms with Crippen molar-refractivity contribution < 1.29 is 18.3 Å². The number of halogens is 2. The van der Waals surface area contributed by atoms with Crippen molar-refractivity contribution in [1.29, 1.82) is 0 Å². The number of rotatable bonds is 2. The molecule has 122 valence electrons. The molecule has 6 heteroatoms. The zero-order valence-electron chi connectivity index (χ0n) is 13.2. The van der Waals surface area contributed by atoms with Gasteiger partial charge in [0.15, 0.2) is 0 Å². The highest BCUT2D eigenvalue weighted by atomic mass is 19.1. The zero-order chi connectivity index (χ0) is 16.3. The van der Waals surface area contributed by atoms with Crippen LogP contribution in [0.2, 0.25) is 0 Å². The molecule has 0 saturated carbocycles. The number of hydrogen-bond acceptors (Lipinski definition) is 3. The van der Waals surface area contributed by atoms with Crippen LogP contribution in [0, 0.1) is 11.6 Å². The topological polar surface area (TPSA) is 41.6 Å². The van der Waals surface area contributed by atoms with Crippen LogP contribution in [0.5, 0.6) is 0 Å². The van der Waals surface area contributed by atoms with E-state index in [9.17, 15) is 13.6 Å². The van der Waals surface area contributed by atoms with E-state index in [0.29, 0.717) is 19.6 Å². The molecule has 4 nitrogen and oxygen atoms in total. The highest BCUT2D eigenvalue weighted by molar-refractivity contribution is 5.68. The standard InChI is InChI=1S/C16H22F2N2O2/c1-16(2,3)22-15(21)20-8-7-19-11(10-20)9-12-13(17)5-4-6-14(12)18/h4-6,11,19H,7-10H2,1-3H3. The van der Waals surface area contributed by atoms with Gasteiger partial charge in [0, 0.05) is 31.2 Å². The van der Waals surface area contributed by atoms with E-state index in [1.165, 1.54) is 18.2 Å². The lowest BCUT2D eigenvalue weighted by Gasteiger charge is -2.35. The fourth-order valence-electron chi connectivity index (χ4n) is 2.43. The second-order valence-corrected chi connectivity index (χ2v) is 6.48. The maximum absolute atomic E-state index is 13.7. The number of carbonyl (C=O) groups excluding carboxylic acids is 1. The van der Waals surface area contributed by atoms with Crippen LogP contribution in [0.25, 0.3) is 0 Å². The summed E-state index contributed by atoms with van der Waals surface area (Å²) in [7, 11) is 0. The maximum Gasteiger partial charge on any atom is 0.410 e. The number of nitrogens with zero attached hydrogens (tertiary/aromatic N) is 1. The minimum Gasteiger partial charge on any atom is -0.444 e. The van der Waals surface area contributed by atoms with Gasteiger partial charge in [0.2, 0.25) is 0 Å². The summed E-state index contributed by atoms with van der Waals surface area (Å²) in [6.45, 7) is 6.87. The Bertz CT molecular complexity index is 523. The summed E-state index contributed by atoms with van der Waals surface area (Å²) in [6.07, 6.45) is -0.203. The maximum atomic E-state index is 13.7. The molecule has 22 heavy (non-hydrogen) atoms. The molecule has 2 rings (SSSR count). The Morgan fingerprint density at radius 2 is 2.00 bits per heavy atom. The zero-order valence-corrected chi connectivity index (χ0v) is 13.2. The minimum absolute atomic E-state index is 0.0473. The molecule has 1 unspecified atom stereocenters. The summed E-state index contributed by atoms with van der Waals surface area (Å²) in [4.78, 5) is 13.6. The smallest absolute Gasteiger partial charge is 0.410 e. The summed E-state index contributed by atoms with van der Waals surface area (Å²) in [5.41, 5.74) is -0.513. The van der Waals surface area contributed by atoms with Gasteiger partial charge in [0.25, 0.3) is 0 Å². The fourth-order valence-corrected chi connectivity index (χ4v) is 2.43. The van der Waals surface area contributed by atoms with E-state index in [2.05, 4.69) is 5.32 Å². The molecule has 1 amide bonds. The van der Waals surface area contributed by atoms with Gasteiger partial charge in [-0.3, -0.25) is 0 Å². The first kappa shape index (κ1) is 16.7. The molecule has 1 N–H and O–H groups in total. The van der Waals surface area contributed by atoms with Gasteiger partial charge in [-0.25, -0.2) is 13.6 Å². The lowest BCUT2D eigenvalue weighted by Crippen LogP contribution is -2.54. The van der Waals surface area contributed by atoms with E-state index in [1.54, 1.807) is 25.7 Å². The largest absolute Gasteiger partial charge is 0.444 e. The van der Waals surface area contributed by atoms with Crippen LogP contribution in [0.15, 0.2) is 18.2 Å². The first-order valence-electron chi connectivity index (χ1n) is 7.40. The van der Waals surface area contributed by atoms with Gasteiger partial charge in [-0.05, 0) is 39.3 Å². The molecular weight excluding hydrogens is 290 g/mol. The van der Waals surface area contributed by atoms with Crippen LogP contribution in [0.3, 0.4) is 0 Å². The Balaban J connectivity index is 2.00. The van der Waals surface area contributed by atoms with Crippen molar-refractivity contribution in [1.82, 2.24) is 10.2 Å². The third-order valence-electron chi connectivity index (χ3n) is 3.42. The van der Waals surface area contributed by atoms with Crippen LogP contribution < -0.4 is 5.32 Å². The Morgan fingerprint density at radius 1 is 1.36 bits per heavy atom. The molecule has 1 heterocycles. The summed E-state index contributed by atoms with van der Waals surface area (Å²) in [5, 5.41) is 3.19. The monoisotopic (exact) mass is 312 g/mol. The molecule has 1 atom stereocenters. The van der Waals surface area contributed by atoms with Crippen molar-refractivity contribution in [3.8, 4) is 0 Å². The molecule has 1 aromatic carbocycles. The van der Waals surface area contributed by atoms with E-state index in [4.69, 9.17) is 4.74 Å².